The van der Waals surface area contributed by atoms with Gasteiger partial charge in [-0.15, -0.1) is 0 Å². The predicted molar refractivity (Wildman–Crippen MR) is 54.7 cm³/mol. The van der Waals surface area contributed by atoms with E-state index in [9.17, 15) is 4.79 Å². The van der Waals surface area contributed by atoms with Gasteiger partial charge in [-0.2, -0.15) is 0 Å². The lowest BCUT2D eigenvalue weighted by Gasteiger charge is -2.19. The normalized spacial score (nSPS) is 14.2. The van der Waals surface area contributed by atoms with Crippen molar-refractivity contribution in [2.45, 2.75) is 53.4 Å². The Morgan fingerprint density at radius 1 is 1.46 bits per heavy atom. The lowest BCUT2D eigenvalue weighted by atomic mass is 9.86. The molecule has 0 aromatic rings. The molecule has 13 heavy (non-hydrogen) atoms. The molecular weight excluding hydrogens is 164 g/mol. The quantitative estimate of drug-likeness (QED) is 0.691. The summed E-state index contributed by atoms with van der Waals surface area (Å²) in [4.78, 5) is 10.8. The number of carbonyl (C=O) groups is 1. The van der Waals surface area contributed by atoms with E-state index in [2.05, 4.69) is 13.8 Å². The summed E-state index contributed by atoms with van der Waals surface area (Å²) in [7, 11) is 0. The van der Waals surface area contributed by atoms with Gasteiger partial charge in [-0.1, -0.05) is 33.1 Å². The highest BCUT2D eigenvalue weighted by atomic mass is 16.4. The van der Waals surface area contributed by atoms with E-state index < -0.39 is 11.4 Å². The Labute approximate surface area is 81.3 Å². The molecule has 0 spiro atoms. The van der Waals surface area contributed by atoms with Crippen molar-refractivity contribution >= 4 is 5.97 Å². The molecule has 1 N–H and O–H groups in total. The summed E-state index contributed by atoms with van der Waals surface area (Å²) in [5, 5.41) is 8.86. The fourth-order valence-electron chi connectivity index (χ4n) is 1.20. The minimum absolute atomic E-state index is 0.548. The first-order valence-corrected chi connectivity index (χ1v) is 5.13. The van der Waals surface area contributed by atoms with Crippen molar-refractivity contribution in [1.29, 1.82) is 0 Å². The van der Waals surface area contributed by atoms with E-state index in [-0.39, 0.29) is 0 Å². The third-order valence-electron chi connectivity index (χ3n) is 2.77. The van der Waals surface area contributed by atoms with Crippen molar-refractivity contribution in [1.82, 2.24) is 0 Å². The third kappa shape index (κ3) is 4.91. The molecule has 0 aliphatic carbocycles. The average molecular weight is 186 g/mol. The standard InChI is InChI=1S/C11H22O2/c1-5-9(2)7-6-8-11(3,4)10(12)13/h9H,5-8H2,1-4H3,(H,12,13). The molecule has 0 saturated carbocycles. The largest absolute Gasteiger partial charge is 0.481 e. The second-order valence-electron chi connectivity index (χ2n) is 4.59. The van der Waals surface area contributed by atoms with Gasteiger partial charge in [-0.3, -0.25) is 4.79 Å². The zero-order valence-electron chi connectivity index (χ0n) is 9.26. The van der Waals surface area contributed by atoms with Crippen molar-refractivity contribution in [3.8, 4) is 0 Å². The fraction of sp³-hybridized carbons (Fsp3) is 0.909. The van der Waals surface area contributed by atoms with Gasteiger partial charge in [0.2, 0.25) is 0 Å². The van der Waals surface area contributed by atoms with Crippen molar-refractivity contribution in [2.24, 2.45) is 11.3 Å². The first kappa shape index (κ1) is 12.5. The van der Waals surface area contributed by atoms with Gasteiger partial charge in [0.25, 0.3) is 0 Å². The highest BCUT2D eigenvalue weighted by Gasteiger charge is 2.26. The Balaban J connectivity index is 3.70. The Kier molecular flexibility index (Phi) is 5.04. The minimum atomic E-state index is -0.684. The van der Waals surface area contributed by atoms with Gasteiger partial charge in [0.1, 0.15) is 0 Å². The average Bonchev–Trinajstić information content (AvgIpc) is 2.03. The van der Waals surface area contributed by atoms with E-state index in [0.29, 0.717) is 0 Å². The maximum atomic E-state index is 10.8. The number of hydrogen-bond acceptors (Lipinski definition) is 1. The van der Waals surface area contributed by atoms with Crippen LogP contribution in [-0.4, -0.2) is 11.1 Å². The van der Waals surface area contributed by atoms with Gasteiger partial charge in [0.15, 0.2) is 0 Å². The highest BCUT2D eigenvalue weighted by molar-refractivity contribution is 5.73. The molecule has 2 nitrogen and oxygen atoms in total. The summed E-state index contributed by atoms with van der Waals surface area (Å²) < 4.78 is 0. The minimum Gasteiger partial charge on any atom is -0.481 e. The van der Waals surface area contributed by atoms with Crippen LogP contribution in [0.1, 0.15) is 53.4 Å². The van der Waals surface area contributed by atoms with Crippen LogP contribution in [0.25, 0.3) is 0 Å². The molecule has 1 unspecified atom stereocenters. The van der Waals surface area contributed by atoms with Crippen LogP contribution in [0.5, 0.6) is 0 Å². The summed E-state index contributed by atoms with van der Waals surface area (Å²) in [5.74, 6) is 0.0428. The fourth-order valence-corrected chi connectivity index (χ4v) is 1.20. The van der Waals surface area contributed by atoms with E-state index in [4.69, 9.17) is 5.11 Å². The second kappa shape index (κ2) is 5.25. The van der Waals surface area contributed by atoms with Gasteiger partial charge < -0.3 is 5.11 Å². The molecule has 0 amide bonds. The smallest absolute Gasteiger partial charge is 0.309 e. The lowest BCUT2D eigenvalue weighted by molar-refractivity contribution is -0.147. The first-order chi connectivity index (χ1) is 5.90. The molecule has 0 saturated heterocycles. The Bertz CT molecular complexity index is 161. The summed E-state index contributed by atoms with van der Waals surface area (Å²) >= 11 is 0. The number of carboxylic acid groups (broad SMARTS) is 1. The van der Waals surface area contributed by atoms with E-state index >= 15 is 0 Å². The van der Waals surface area contributed by atoms with Crippen LogP contribution in [0.4, 0.5) is 0 Å². The molecule has 0 fully saturated rings. The monoisotopic (exact) mass is 186 g/mol. The van der Waals surface area contributed by atoms with Crippen LogP contribution in [0.15, 0.2) is 0 Å². The van der Waals surface area contributed by atoms with Crippen molar-refractivity contribution < 1.29 is 9.90 Å². The Hall–Kier alpha value is -0.530. The zero-order valence-corrected chi connectivity index (χ0v) is 9.26. The highest BCUT2D eigenvalue weighted by Crippen LogP contribution is 2.25. The third-order valence-corrected chi connectivity index (χ3v) is 2.77. The van der Waals surface area contributed by atoms with Gasteiger partial charge >= 0.3 is 5.97 Å². The molecule has 0 aromatic carbocycles. The van der Waals surface area contributed by atoms with Crippen LogP contribution < -0.4 is 0 Å². The molecule has 0 aliphatic rings. The van der Waals surface area contributed by atoms with Gasteiger partial charge in [0, 0.05) is 0 Å². The molecule has 0 radical (unpaired) electrons. The van der Waals surface area contributed by atoms with Crippen molar-refractivity contribution in [2.75, 3.05) is 0 Å². The molecule has 78 valence electrons. The van der Waals surface area contributed by atoms with Gasteiger partial charge in [0.05, 0.1) is 5.41 Å². The van der Waals surface area contributed by atoms with Gasteiger partial charge in [-0.25, -0.2) is 0 Å². The molecule has 2 heteroatoms. The van der Waals surface area contributed by atoms with Crippen molar-refractivity contribution in [3.05, 3.63) is 0 Å². The number of carboxylic acids is 1. The van der Waals surface area contributed by atoms with Gasteiger partial charge in [-0.05, 0) is 26.2 Å². The maximum Gasteiger partial charge on any atom is 0.309 e. The maximum absolute atomic E-state index is 10.8. The first-order valence-electron chi connectivity index (χ1n) is 5.13. The summed E-state index contributed by atoms with van der Waals surface area (Å²) in [5.41, 5.74) is -0.548. The predicted octanol–water partition coefficient (Wildman–Crippen LogP) is 3.31. The second-order valence-corrected chi connectivity index (χ2v) is 4.59. The SMILES string of the molecule is CCC(C)CCCC(C)(C)C(=O)O. The van der Waals surface area contributed by atoms with Crippen molar-refractivity contribution in [3.63, 3.8) is 0 Å². The van der Waals surface area contributed by atoms with Crippen LogP contribution in [0, 0.1) is 11.3 Å². The topological polar surface area (TPSA) is 37.3 Å². The summed E-state index contributed by atoms with van der Waals surface area (Å²) in [6.45, 7) is 7.98. The number of rotatable bonds is 6. The molecular formula is C11H22O2. The zero-order chi connectivity index (χ0) is 10.5. The molecule has 0 bridgehead atoms. The molecule has 0 heterocycles. The van der Waals surface area contributed by atoms with E-state index in [1.54, 1.807) is 13.8 Å². The Morgan fingerprint density at radius 2 is 2.00 bits per heavy atom. The summed E-state index contributed by atoms with van der Waals surface area (Å²) in [6.07, 6.45) is 4.14. The van der Waals surface area contributed by atoms with Crippen LogP contribution in [-0.2, 0) is 4.79 Å². The van der Waals surface area contributed by atoms with E-state index in [1.165, 1.54) is 6.42 Å². The number of hydrogen-bond donors (Lipinski definition) is 1. The lowest BCUT2D eigenvalue weighted by Crippen LogP contribution is -2.23. The molecule has 0 aliphatic heterocycles. The van der Waals surface area contributed by atoms with Crippen LogP contribution >= 0.6 is 0 Å². The molecule has 1 atom stereocenters. The van der Waals surface area contributed by atoms with Crippen LogP contribution in [0.3, 0.4) is 0 Å². The summed E-state index contributed by atoms with van der Waals surface area (Å²) in [6, 6.07) is 0. The van der Waals surface area contributed by atoms with Crippen LogP contribution in [0.2, 0.25) is 0 Å². The molecule has 0 rings (SSSR count). The Morgan fingerprint density at radius 3 is 2.38 bits per heavy atom. The number of aliphatic carboxylic acids is 1. The molecule has 0 aromatic heterocycles. The van der Waals surface area contributed by atoms with E-state index in [0.717, 1.165) is 25.2 Å². The van der Waals surface area contributed by atoms with E-state index in [1.807, 2.05) is 0 Å².